The van der Waals surface area contributed by atoms with Crippen LogP contribution >= 0.6 is 0 Å². The molecule has 1 fully saturated rings. The van der Waals surface area contributed by atoms with Gasteiger partial charge in [0.25, 0.3) is 0 Å². The van der Waals surface area contributed by atoms with E-state index in [9.17, 15) is 15.2 Å². The topological polar surface area (TPSA) is 90.4 Å². The van der Waals surface area contributed by atoms with Crippen molar-refractivity contribution in [3.8, 4) is 6.07 Å². The highest BCUT2D eigenvalue weighted by Crippen LogP contribution is 2.32. The second-order valence-corrected chi connectivity index (χ2v) is 4.28. The van der Waals surface area contributed by atoms with Crippen molar-refractivity contribution in [1.29, 1.82) is 5.26 Å². The van der Waals surface area contributed by atoms with Crippen molar-refractivity contribution < 1.29 is 10.0 Å². The van der Waals surface area contributed by atoms with Crippen LogP contribution in [0.4, 0.5) is 11.4 Å². The molecule has 6 heteroatoms. The molecular weight excluding hydrogens is 234 g/mol. The van der Waals surface area contributed by atoms with Crippen LogP contribution in [0.2, 0.25) is 0 Å². The minimum absolute atomic E-state index is 0.0533. The molecule has 6 nitrogen and oxygen atoms in total. The molecule has 0 radical (unpaired) electrons. The Kier molecular flexibility index (Phi) is 3.44. The first-order valence-corrected chi connectivity index (χ1v) is 5.74. The number of anilines is 1. The molecule has 18 heavy (non-hydrogen) atoms. The zero-order valence-electron chi connectivity index (χ0n) is 9.74. The fourth-order valence-electron chi connectivity index (χ4n) is 2.24. The average molecular weight is 247 g/mol. The fourth-order valence-corrected chi connectivity index (χ4v) is 2.24. The van der Waals surface area contributed by atoms with Crippen LogP contribution in [0.5, 0.6) is 0 Å². The minimum atomic E-state index is -0.533. The quantitative estimate of drug-likeness (QED) is 0.630. The number of nitrogens with zero attached hydrogens (tertiary/aromatic N) is 3. The minimum Gasteiger partial charge on any atom is -0.391 e. The third-order valence-electron chi connectivity index (χ3n) is 3.05. The van der Waals surface area contributed by atoms with Gasteiger partial charge in [-0.3, -0.25) is 10.1 Å². The molecule has 0 spiro atoms. The summed E-state index contributed by atoms with van der Waals surface area (Å²) in [6.07, 6.45) is 1.03. The number of β-amino-alcohol motifs (C(OH)–C–C–N with tert-alkyl or cyclic N) is 1. The number of rotatable bonds is 2. The van der Waals surface area contributed by atoms with Gasteiger partial charge in [-0.1, -0.05) is 6.07 Å². The SMILES string of the molecule is N#Cc1cccc(N2CCC[C@H](O)C2)c1[N+](=O)[O-]. The molecule has 0 saturated carbocycles. The van der Waals surface area contributed by atoms with E-state index < -0.39 is 11.0 Å². The van der Waals surface area contributed by atoms with E-state index in [4.69, 9.17) is 5.26 Å². The molecule has 94 valence electrons. The van der Waals surface area contributed by atoms with Crippen molar-refractivity contribution in [2.75, 3.05) is 18.0 Å². The summed E-state index contributed by atoms with van der Waals surface area (Å²) in [5, 5.41) is 29.6. The molecule has 1 aliphatic heterocycles. The Bertz CT molecular complexity index is 510. The van der Waals surface area contributed by atoms with Gasteiger partial charge in [0.1, 0.15) is 17.3 Å². The van der Waals surface area contributed by atoms with Crippen molar-refractivity contribution >= 4 is 11.4 Å². The first-order valence-electron chi connectivity index (χ1n) is 5.74. The number of nitro benzene ring substituents is 1. The van der Waals surface area contributed by atoms with Crippen molar-refractivity contribution in [2.24, 2.45) is 0 Å². The van der Waals surface area contributed by atoms with Crippen LogP contribution in [-0.4, -0.2) is 29.2 Å². The number of piperidine rings is 1. The smallest absolute Gasteiger partial charge is 0.310 e. The summed E-state index contributed by atoms with van der Waals surface area (Å²) in [7, 11) is 0. The Hall–Kier alpha value is -2.13. The van der Waals surface area contributed by atoms with Crippen molar-refractivity contribution in [1.82, 2.24) is 0 Å². The third-order valence-corrected chi connectivity index (χ3v) is 3.05. The lowest BCUT2D eigenvalue weighted by atomic mass is 10.1. The van der Waals surface area contributed by atoms with Crippen LogP contribution in [0, 0.1) is 21.4 Å². The van der Waals surface area contributed by atoms with E-state index in [1.807, 2.05) is 6.07 Å². The first-order chi connectivity index (χ1) is 8.63. The van der Waals surface area contributed by atoms with Gasteiger partial charge in [0.15, 0.2) is 0 Å². The van der Waals surface area contributed by atoms with Crippen LogP contribution in [-0.2, 0) is 0 Å². The molecule has 0 bridgehead atoms. The lowest BCUT2D eigenvalue weighted by molar-refractivity contribution is -0.384. The van der Waals surface area contributed by atoms with Crippen LogP contribution in [0.15, 0.2) is 18.2 Å². The molecule has 0 amide bonds. The summed E-state index contributed by atoms with van der Waals surface area (Å²) in [5.74, 6) is 0. The van der Waals surface area contributed by atoms with Crippen molar-refractivity contribution in [2.45, 2.75) is 18.9 Å². The molecule has 0 unspecified atom stereocenters. The molecule has 1 atom stereocenters. The van der Waals surface area contributed by atoms with Gasteiger partial charge in [-0.15, -0.1) is 0 Å². The van der Waals surface area contributed by atoms with E-state index in [2.05, 4.69) is 0 Å². The van der Waals surface area contributed by atoms with Gasteiger partial charge in [-0.2, -0.15) is 5.26 Å². The monoisotopic (exact) mass is 247 g/mol. The summed E-state index contributed by atoms with van der Waals surface area (Å²) in [5.41, 5.74) is 0.296. The largest absolute Gasteiger partial charge is 0.391 e. The zero-order chi connectivity index (χ0) is 13.1. The average Bonchev–Trinajstić information content (AvgIpc) is 2.37. The predicted octanol–water partition coefficient (Wildman–Crippen LogP) is 1.43. The molecule has 1 aromatic rings. The predicted molar refractivity (Wildman–Crippen MR) is 65.3 cm³/mol. The number of benzene rings is 1. The maximum absolute atomic E-state index is 11.1. The lowest BCUT2D eigenvalue weighted by Crippen LogP contribution is -2.38. The van der Waals surface area contributed by atoms with E-state index in [0.717, 1.165) is 6.42 Å². The van der Waals surface area contributed by atoms with Gasteiger partial charge in [-0.05, 0) is 25.0 Å². The number of aliphatic hydroxyl groups is 1. The van der Waals surface area contributed by atoms with Crippen molar-refractivity contribution in [3.63, 3.8) is 0 Å². The molecule has 2 rings (SSSR count). The number of hydrogen-bond acceptors (Lipinski definition) is 5. The van der Waals surface area contributed by atoms with E-state index in [1.165, 1.54) is 6.07 Å². The summed E-state index contributed by atoms with van der Waals surface area (Å²) >= 11 is 0. The Morgan fingerprint density at radius 3 is 2.94 bits per heavy atom. The lowest BCUT2D eigenvalue weighted by Gasteiger charge is -2.31. The van der Waals surface area contributed by atoms with Gasteiger partial charge in [0, 0.05) is 13.1 Å². The number of nitro groups is 1. The Morgan fingerprint density at radius 1 is 1.56 bits per heavy atom. The van der Waals surface area contributed by atoms with Gasteiger partial charge < -0.3 is 10.0 Å². The van der Waals surface area contributed by atoms with E-state index in [-0.39, 0.29) is 11.3 Å². The molecule has 1 aliphatic rings. The molecule has 0 aliphatic carbocycles. The highest BCUT2D eigenvalue weighted by atomic mass is 16.6. The number of hydrogen-bond donors (Lipinski definition) is 1. The van der Waals surface area contributed by atoms with E-state index in [1.54, 1.807) is 17.0 Å². The van der Waals surface area contributed by atoms with Crippen LogP contribution in [0.3, 0.4) is 0 Å². The first kappa shape index (κ1) is 12.3. The van der Waals surface area contributed by atoms with Crippen LogP contribution in [0.1, 0.15) is 18.4 Å². The number of para-hydroxylation sites is 1. The molecule has 1 saturated heterocycles. The summed E-state index contributed by atoms with van der Waals surface area (Å²) < 4.78 is 0. The van der Waals surface area contributed by atoms with E-state index in [0.29, 0.717) is 25.2 Å². The highest BCUT2D eigenvalue weighted by molar-refractivity contribution is 5.70. The van der Waals surface area contributed by atoms with Gasteiger partial charge in [-0.25, -0.2) is 0 Å². The molecule has 1 aromatic carbocycles. The molecule has 0 aromatic heterocycles. The molecular formula is C12H13N3O3. The van der Waals surface area contributed by atoms with Crippen LogP contribution < -0.4 is 4.90 Å². The second kappa shape index (κ2) is 5.02. The Morgan fingerprint density at radius 2 is 2.33 bits per heavy atom. The zero-order valence-corrected chi connectivity index (χ0v) is 9.74. The summed E-state index contributed by atoms with van der Waals surface area (Å²) in [6, 6.07) is 6.52. The third kappa shape index (κ3) is 2.26. The second-order valence-electron chi connectivity index (χ2n) is 4.28. The Labute approximate surface area is 104 Å². The van der Waals surface area contributed by atoms with E-state index >= 15 is 0 Å². The highest BCUT2D eigenvalue weighted by Gasteiger charge is 2.26. The summed E-state index contributed by atoms with van der Waals surface area (Å²) in [4.78, 5) is 12.3. The maximum Gasteiger partial charge on any atom is 0.310 e. The summed E-state index contributed by atoms with van der Waals surface area (Å²) in [6.45, 7) is 1.03. The molecule has 1 heterocycles. The fraction of sp³-hybridized carbons (Fsp3) is 0.417. The number of aliphatic hydroxyl groups excluding tert-OH is 1. The Balaban J connectivity index is 2.44. The molecule has 1 N–H and O–H groups in total. The normalized spacial score (nSPS) is 19.3. The van der Waals surface area contributed by atoms with Crippen molar-refractivity contribution in [3.05, 3.63) is 33.9 Å². The van der Waals surface area contributed by atoms with Crippen LogP contribution in [0.25, 0.3) is 0 Å². The van der Waals surface area contributed by atoms with Gasteiger partial charge in [0.05, 0.1) is 11.0 Å². The van der Waals surface area contributed by atoms with Gasteiger partial charge in [0.2, 0.25) is 0 Å². The number of nitriles is 1. The van der Waals surface area contributed by atoms with Gasteiger partial charge >= 0.3 is 5.69 Å². The standard InChI is InChI=1S/C12H13N3O3/c13-7-9-3-1-5-11(12(9)15(17)18)14-6-2-4-10(16)8-14/h1,3,5,10,16H,2,4,6,8H2/t10-/m0/s1. The maximum atomic E-state index is 11.1.